The van der Waals surface area contributed by atoms with E-state index in [9.17, 15) is 17.6 Å². The minimum Gasteiger partial charge on any atom is -0.351 e. The zero-order chi connectivity index (χ0) is 24.7. The summed E-state index contributed by atoms with van der Waals surface area (Å²) in [6.45, 7) is 1.71. The molecule has 0 aliphatic carbocycles. The van der Waals surface area contributed by atoms with Gasteiger partial charge in [-0.2, -0.15) is 4.98 Å². The van der Waals surface area contributed by atoms with Gasteiger partial charge >= 0.3 is 0 Å². The molecule has 5 nitrogen and oxygen atoms in total. The summed E-state index contributed by atoms with van der Waals surface area (Å²) in [6, 6.07) is 14.3. The smallest absolute Gasteiger partial charge is 0.258 e. The lowest BCUT2D eigenvalue weighted by Crippen LogP contribution is -2.46. The molecule has 2 heterocycles. The summed E-state index contributed by atoms with van der Waals surface area (Å²) in [5, 5.41) is 7.34. The molecule has 1 unspecified atom stereocenters. The summed E-state index contributed by atoms with van der Waals surface area (Å²) >= 11 is 5.55. The van der Waals surface area contributed by atoms with Crippen molar-refractivity contribution in [3.63, 3.8) is 0 Å². The van der Waals surface area contributed by atoms with Crippen LogP contribution in [-0.2, 0) is 0 Å². The first-order chi connectivity index (χ1) is 16.8. The predicted molar refractivity (Wildman–Crippen MR) is 126 cm³/mol. The Labute approximate surface area is 202 Å². The lowest BCUT2D eigenvalue weighted by atomic mass is 9.94. The number of allylic oxidation sites excluding steroid dienone is 1. The molecular weight excluding hydrogens is 480 g/mol. The zero-order valence-electron chi connectivity index (χ0n) is 18.1. The number of halogens is 4. The first-order valence-electron chi connectivity index (χ1n) is 10.4. The van der Waals surface area contributed by atoms with E-state index in [0.29, 0.717) is 22.4 Å². The highest BCUT2D eigenvalue weighted by atomic mass is 32.1. The van der Waals surface area contributed by atoms with Gasteiger partial charge in [0.1, 0.15) is 11.6 Å². The van der Waals surface area contributed by atoms with Crippen LogP contribution in [0, 0.1) is 23.3 Å². The monoisotopic (exact) mass is 496 g/mol. The molecule has 5 rings (SSSR count). The summed E-state index contributed by atoms with van der Waals surface area (Å²) in [5.74, 6) is -2.64. The Morgan fingerprint density at radius 2 is 1.69 bits per heavy atom. The van der Waals surface area contributed by atoms with Crippen LogP contribution in [0.1, 0.15) is 24.4 Å². The lowest BCUT2D eigenvalue weighted by Gasteiger charge is -2.37. The first kappa shape index (κ1) is 22.7. The van der Waals surface area contributed by atoms with E-state index in [4.69, 9.17) is 16.7 Å². The molecule has 0 saturated carbocycles. The molecule has 0 fully saturated rings. The van der Waals surface area contributed by atoms with Gasteiger partial charge in [-0.15, -0.1) is 0 Å². The Hall–Kier alpha value is -4.05. The second-order valence-corrected chi connectivity index (χ2v) is 8.19. The van der Waals surface area contributed by atoms with Crippen LogP contribution in [0.4, 0.5) is 23.2 Å². The maximum Gasteiger partial charge on any atom is 0.258 e. The molecule has 4 aromatic rings. The zero-order valence-corrected chi connectivity index (χ0v) is 18.9. The molecule has 1 N–H and O–H groups in total. The van der Waals surface area contributed by atoms with E-state index in [0.717, 1.165) is 12.1 Å². The molecule has 0 spiro atoms. The average Bonchev–Trinajstić information content (AvgIpc) is 3.31. The first-order valence-corrected chi connectivity index (χ1v) is 10.8. The Morgan fingerprint density at radius 1 is 0.914 bits per heavy atom. The van der Waals surface area contributed by atoms with Crippen molar-refractivity contribution in [2.45, 2.75) is 13.0 Å². The van der Waals surface area contributed by atoms with E-state index in [1.165, 1.54) is 41.3 Å². The summed E-state index contributed by atoms with van der Waals surface area (Å²) < 4.78 is 60.5. The number of hydrogen-bond acceptors (Lipinski definition) is 4. The van der Waals surface area contributed by atoms with Crippen LogP contribution in [0.25, 0.3) is 17.0 Å². The minimum absolute atomic E-state index is 0.0960. The quantitative estimate of drug-likeness (QED) is 0.270. The van der Waals surface area contributed by atoms with Gasteiger partial charge in [0.2, 0.25) is 5.82 Å². The highest BCUT2D eigenvalue weighted by Gasteiger charge is 2.35. The number of benzene rings is 3. The minimum atomic E-state index is -1.04. The van der Waals surface area contributed by atoms with E-state index in [-0.39, 0.29) is 22.5 Å². The number of thiocarbonyl (C=S) groups is 1. The molecule has 176 valence electrons. The third-order valence-electron chi connectivity index (χ3n) is 5.59. The Bertz CT molecular complexity index is 1470. The standard InChI is InChI=1S/C25H16F4N4OS/c1-13-21(24-31-23(32-34-24)15-3-2-4-17(27)11-15)22(14-5-7-16(26)8-6-14)30-25(35)33(13)18-9-10-19(28)20(29)12-18/h2-12,22H,1H3,(H,30,35). The third-order valence-corrected chi connectivity index (χ3v) is 5.89. The van der Waals surface area contributed by atoms with Gasteiger partial charge in [-0.1, -0.05) is 29.4 Å². The van der Waals surface area contributed by atoms with Gasteiger partial charge in [0.05, 0.1) is 17.3 Å². The number of nitrogens with zero attached hydrogens (tertiary/aromatic N) is 3. The van der Waals surface area contributed by atoms with Crippen molar-refractivity contribution in [3.05, 3.63) is 107 Å². The van der Waals surface area contributed by atoms with E-state index in [1.54, 1.807) is 25.1 Å². The highest BCUT2D eigenvalue weighted by molar-refractivity contribution is 7.80. The van der Waals surface area contributed by atoms with Crippen molar-refractivity contribution in [3.8, 4) is 11.4 Å². The second-order valence-electron chi connectivity index (χ2n) is 7.80. The highest BCUT2D eigenvalue weighted by Crippen LogP contribution is 2.39. The van der Waals surface area contributed by atoms with Crippen molar-refractivity contribution < 1.29 is 22.1 Å². The Morgan fingerprint density at radius 3 is 2.40 bits per heavy atom. The number of aromatic nitrogens is 2. The normalized spacial score (nSPS) is 16.0. The number of anilines is 1. The van der Waals surface area contributed by atoms with Crippen molar-refractivity contribution in [2.24, 2.45) is 0 Å². The Balaban J connectivity index is 1.66. The summed E-state index contributed by atoms with van der Waals surface area (Å²) in [6.07, 6.45) is 0. The maximum atomic E-state index is 14.0. The van der Waals surface area contributed by atoms with Gasteiger partial charge in [-0.05, 0) is 61.1 Å². The van der Waals surface area contributed by atoms with Crippen molar-refractivity contribution in [1.82, 2.24) is 15.5 Å². The van der Waals surface area contributed by atoms with Gasteiger partial charge in [-0.3, -0.25) is 4.90 Å². The van der Waals surface area contributed by atoms with Gasteiger partial charge in [0, 0.05) is 17.3 Å². The summed E-state index contributed by atoms with van der Waals surface area (Å²) in [5.41, 5.74) is 2.32. The van der Waals surface area contributed by atoms with Crippen LogP contribution in [0.3, 0.4) is 0 Å². The molecule has 0 amide bonds. The van der Waals surface area contributed by atoms with Gasteiger partial charge in [0.15, 0.2) is 16.7 Å². The number of hydrogen-bond donors (Lipinski definition) is 1. The van der Waals surface area contributed by atoms with Crippen molar-refractivity contribution >= 4 is 28.6 Å². The van der Waals surface area contributed by atoms with Crippen LogP contribution in [0.2, 0.25) is 0 Å². The van der Waals surface area contributed by atoms with Crippen LogP contribution >= 0.6 is 12.2 Å². The molecule has 0 radical (unpaired) electrons. The molecule has 0 bridgehead atoms. The molecule has 1 aromatic heterocycles. The van der Waals surface area contributed by atoms with E-state index in [2.05, 4.69) is 15.5 Å². The lowest BCUT2D eigenvalue weighted by molar-refractivity contribution is 0.404. The summed E-state index contributed by atoms with van der Waals surface area (Å²) in [4.78, 5) is 5.97. The SMILES string of the molecule is CC1=C(c2nc(-c3cccc(F)c3)no2)C(c2ccc(F)cc2)NC(=S)N1c1ccc(F)c(F)c1. The molecular formula is C25H16F4N4OS. The van der Waals surface area contributed by atoms with Crippen molar-refractivity contribution in [1.29, 1.82) is 0 Å². The van der Waals surface area contributed by atoms with E-state index < -0.39 is 29.3 Å². The molecule has 1 atom stereocenters. The van der Waals surface area contributed by atoms with Gasteiger partial charge < -0.3 is 9.84 Å². The largest absolute Gasteiger partial charge is 0.351 e. The topological polar surface area (TPSA) is 54.2 Å². The molecule has 10 heteroatoms. The van der Waals surface area contributed by atoms with Crippen LogP contribution in [0.5, 0.6) is 0 Å². The van der Waals surface area contributed by atoms with Gasteiger partial charge in [0.25, 0.3) is 5.89 Å². The predicted octanol–water partition coefficient (Wildman–Crippen LogP) is 6.16. The van der Waals surface area contributed by atoms with Crippen LogP contribution < -0.4 is 10.2 Å². The summed E-state index contributed by atoms with van der Waals surface area (Å²) in [7, 11) is 0. The molecule has 35 heavy (non-hydrogen) atoms. The fourth-order valence-corrected chi connectivity index (χ4v) is 4.30. The maximum absolute atomic E-state index is 14.0. The third kappa shape index (κ3) is 4.28. The van der Waals surface area contributed by atoms with Crippen LogP contribution in [-0.4, -0.2) is 15.3 Å². The fraction of sp³-hybridized carbons (Fsp3) is 0.0800. The van der Waals surface area contributed by atoms with E-state index in [1.807, 2.05) is 0 Å². The molecule has 1 aliphatic heterocycles. The Kier molecular flexibility index (Phi) is 5.81. The molecule has 1 aliphatic rings. The molecule has 0 saturated heterocycles. The molecule has 3 aromatic carbocycles. The number of nitrogens with one attached hydrogen (secondary N) is 1. The number of rotatable bonds is 4. The van der Waals surface area contributed by atoms with Crippen molar-refractivity contribution in [2.75, 3.05) is 4.90 Å². The second kappa shape index (κ2) is 8.95. The average molecular weight is 496 g/mol. The fourth-order valence-electron chi connectivity index (χ4n) is 3.94. The van der Waals surface area contributed by atoms with Gasteiger partial charge in [-0.25, -0.2) is 17.6 Å². The van der Waals surface area contributed by atoms with E-state index >= 15 is 0 Å². The van der Waals surface area contributed by atoms with Crippen LogP contribution in [0.15, 0.2) is 77.0 Å².